The Labute approximate surface area is 95.0 Å². The third-order valence-electron chi connectivity index (χ3n) is 4.33. The van der Waals surface area contributed by atoms with E-state index < -0.39 is 0 Å². The second kappa shape index (κ2) is 3.48. The molecule has 1 aliphatic carbocycles. The number of hydrogen-bond acceptors (Lipinski definition) is 1. The smallest absolute Gasteiger partial charge is 0.00436 e. The van der Waals surface area contributed by atoms with Gasteiger partial charge >= 0.3 is 0 Å². The van der Waals surface area contributed by atoms with Gasteiger partial charge in [-0.1, -0.05) is 27.7 Å². The molecule has 2 rings (SSSR count). The molecule has 0 radical (unpaired) electrons. The van der Waals surface area contributed by atoms with Crippen LogP contribution in [0.4, 0.5) is 0 Å². The minimum Gasteiger partial charge on any atom is -0.317 e. The Balaban J connectivity index is 2.18. The molecule has 0 aromatic heterocycles. The van der Waals surface area contributed by atoms with Crippen LogP contribution >= 0.6 is 0 Å². The van der Waals surface area contributed by atoms with Crippen LogP contribution < -0.4 is 5.32 Å². The molecule has 1 saturated heterocycles. The number of nitrogens with one attached hydrogen (secondary N) is 1. The summed E-state index contributed by atoms with van der Waals surface area (Å²) < 4.78 is 0. The molecular formula is C14H27N. The van der Waals surface area contributed by atoms with Crippen molar-refractivity contribution in [2.75, 3.05) is 13.1 Å². The fraction of sp³-hybridized carbons (Fsp3) is 1.00. The van der Waals surface area contributed by atoms with Crippen molar-refractivity contribution < 1.29 is 0 Å². The van der Waals surface area contributed by atoms with Crippen LogP contribution in [-0.4, -0.2) is 13.1 Å². The minimum absolute atomic E-state index is 0.555. The largest absolute Gasteiger partial charge is 0.317 e. The van der Waals surface area contributed by atoms with Gasteiger partial charge in [0.1, 0.15) is 0 Å². The quantitative estimate of drug-likeness (QED) is 0.643. The van der Waals surface area contributed by atoms with E-state index in [4.69, 9.17) is 0 Å². The molecule has 15 heavy (non-hydrogen) atoms. The van der Waals surface area contributed by atoms with Crippen LogP contribution in [0.15, 0.2) is 0 Å². The molecule has 0 bridgehead atoms. The molecule has 1 heterocycles. The fourth-order valence-corrected chi connectivity index (χ4v) is 4.82. The van der Waals surface area contributed by atoms with E-state index in [1.807, 2.05) is 0 Å². The number of hydrogen-bond donors (Lipinski definition) is 1. The summed E-state index contributed by atoms with van der Waals surface area (Å²) in [4.78, 5) is 0. The van der Waals surface area contributed by atoms with Crippen LogP contribution in [0.3, 0.4) is 0 Å². The number of rotatable bonds is 0. The first-order valence-electron chi connectivity index (χ1n) is 6.54. The molecule has 1 saturated carbocycles. The highest BCUT2D eigenvalue weighted by molar-refractivity contribution is 4.98. The molecule has 0 aromatic rings. The monoisotopic (exact) mass is 209 g/mol. The van der Waals surface area contributed by atoms with Crippen molar-refractivity contribution in [2.24, 2.45) is 16.2 Å². The highest BCUT2D eigenvalue weighted by Gasteiger charge is 2.47. The van der Waals surface area contributed by atoms with Gasteiger partial charge in [-0.25, -0.2) is 0 Å². The van der Waals surface area contributed by atoms with Gasteiger partial charge in [0.25, 0.3) is 0 Å². The van der Waals surface area contributed by atoms with E-state index in [0.29, 0.717) is 16.2 Å². The molecule has 0 amide bonds. The van der Waals surface area contributed by atoms with Gasteiger partial charge in [-0.2, -0.15) is 0 Å². The molecule has 2 aliphatic rings. The van der Waals surface area contributed by atoms with Crippen LogP contribution in [0.25, 0.3) is 0 Å². The van der Waals surface area contributed by atoms with Crippen molar-refractivity contribution >= 4 is 0 Å². The van der Waals surface area contributed by atoms with Crippen molar-refractivity contribution in [2.45, 2.75) is 59.8 Å². The summed E-state index contributed by atoms with van der Waals surface area (Å²) in [5.74, 6) is 0. The van der Waals surface area contributed by atoms with Crippen LogP contribution in [0, 0.1) is 16.2 Å². The average molecular weight is 209 g/mol. The van der Waals surface area contributed by atoms with E-state index in [9.17, 15) is 0 Å². The van der Waals surface area contributed by atoms with Gasteiger partial charge in [-0.05, 0) is 61.4 Å². The van der Waals surface area contributed by atoms with Crippen LogP contribution in [0.1, 0.15) is 59.8 Å². The number of piperidine rings is 1. The Hall–Kier alpha value is -0.0400. The zero-order chi connectivity index (χ0) is 11.2. The maximum Gasteiger partial charge on any atom is -0.00436 e. The lowest BCUT2D eigenvalue weighted by molar-refractivity contribution is -0.0208. The van der Waals surface area contributed by atoms with Crippen molar-refractivity contribution in [1.82, 2.24) is 5.32 Å². The van der Waals surface area contributed by atoms with E-state index in [1.165, 1.54) is 45.2 Å². The maximum atomic E-state index is 3.51. The molecule has 0 aromatic carbocycles. The SMILES string of the molecule is CC1(C)CC(C)(C)CC2(CCNCC2)C1. The zero-order valence-electron chi connectivity index (χ0n) is 10.9. The van der Waals surface area contributed by atoms with Gasteiger partial charge in [-0.3, -0.25) is 0 Å². The van der Waals surface area contributed by atoms with Gasteiger partial charge in [0.05, 0.1) is 0 Å². The van der Waals surface area contributed by atoms with Crippen LogP contribution in [0.5, 0.6) is 0 Å². The van der Waals surface area contributed by atoms with Gasteiger partial charge < -0.3 is 5.32 Å². The first-order valence-corrected chi connectivity index (χ1v) is 6.54. The third-order valence-corrected chi connectivity index (χ3v) is 4.33. The van der Waals surface area contributed by atoms with Crippen molar-refractivity contribution in [1.29, 1.82) is 0 Å². The first-order chi connectivity index (χ1) is 6.83. The van der Waals surface area contributed by atoms with Crippen LogP contribution in [-0.2, 0) is 0 Å². The van der Waals surface area contributed by atoms with E-state index in [0.717, 1.165) is 0 Å². The Kier molecular flexibility index (Phi) is 2.65. The molecule has 1 spiro atoms. The molecule has 1 aliphatic heterocycles. The summed E-state index contributed by atoms with van der Waals surface area (Å²) in [6.07, 6.45) is 7.10. The van der Waals surface area contributed by atoms with Gasteiger partial charge in [0.2, 0.25) is 0 Å². The predicted molar refractivity (Wildman–Crippen MR) is 65.9 cm³/mol. The maximum absolute atomic E-state index is 3.51. The molecular weight excluding hydrogens is 182 g/mol. The van der Waals surface area contributed by atoms with Crippen molar-refractivity contribution in [3.63, 3.8) is 0 Å². The lowest BCUT2D eigenvalue weighted by Crippen LogP contribution is -2.46. The van der Waals surface area contributed by atoms with E-state index >= 15 is 0 Å². The summed E-state index contributed by atoms with van der Waals surface area (Å²) in [5, 5.41) is 3.51. The Morgan fingerprint density at radius 1 is 0.733 bits per heavy atom. The molecule has 1 nitrogen and oxygen atoms in total. The summed E-state index contributed by atoms with van der Waals surface area (Å²) in [6, 6.07) is 0. The summed E-state index contributed by atoms with van der Waals surface area (Å²) in [7, 11) is 0. The lowest BCUT2D eigenvalue weighted by Gasteiger charge is -2.54. The van der Waals surface area contributed by atoms with Crippen molar-refractivity contribution in [3.8, 4) is 0 Å². The van der Waals surface area contributed by atoms with E-state index in [1.54, 1.807) is 0 Å². The van der Waals surface area contributed by atoms with Gasteiger partial charge in [0.15, 0.2) is 0 Å². The molecule has 2 fully saturated rings. The van der Waals surface area contributed by atoms with Crippen LogP contribution in [0.2, 0.25) is 0 Å². The van der Waals surface area contributed by atoms with E-state index in [-0.39, 0.29) is 0 Å². The summed E-state index contributed by atoms with van der Waals surface area (Å²) >= 11 is 0. The highest BCUT2D eigenvalue weighted by Crippen LogP contribution is 2.57. The highest BCUT2D eigenvalue weighted by atomic mass is 14.9. The topological polar surface area (TPSA) is 12.0 Å². The van der Waals surface area contributed by atoms with Gasteiger partial charge in [0, 0.05) is 0 Å². The summed E-state index contributed by atoms with van der Waals surface area (Å²) in [6.45, 7) is 12.4. The molecule has 88 valence electrons. The normalized spacial score (nSPS) is 32.8. The lowest BCUT2D eigenvalue weighted by atomic mass is 9.53. The minimum atomic E-state index is 0.555. The van der Waals surface area contributed by atoms with Crippen molar-refractivity contribution in [3.05, 3.63) is 0 Å². The predicted octanol–water partition coefficient (Wildman–Crippen LogP) is 3.59. The Morgan fingerprint density at radius 3 is 1.67 bits per heavy atom. The third kappa shape index (κ3) is 2.55. The second-order valence-corrected chi connectivity index (χ2v) is 7.61. The molecule has 0 atom stereocenters. The standard InChI is InChI=1S/C14H27N/c1-12(2)9-13(3,4)11-14(10-12)5-7-15-8-6-14/h15H,5-11H2,1-4H3. The molecule has 1 heteroatoms. The average Bonchev–Trinajstić information content (AvgIpc) is 1.97. The Morgan fingerprint density at radius 2 is 1.20 bits per heavy atom. The molecule has 1 N–H and O–H groups in total. The van der Waals surface area contributed by atoms with E-state index in [2.05, 4.69) is 33.0 Å². The zero-order valence-corrected chi connectivity index (χ0v) is 10.9. The fourth-order valence-electron chi connectivity index (χ4n) is 4.82. The Bertz CT molecular complexity index is 216. The summed E-state index contributed by atoms with van der Waals surface area (Å²) in [5.41, 5.74) is 1.77. The molecule has 0 unspecified atom stereocenters. The first kappa shape index (κ1) is 11.4. The van der Waals surface area contributed by atoms with Gasteiger partial charge in [-0.15, -0.1) is 0 Å². The second-order valence-electron chi connectivity index (χ2n) is 7.61.